The van der Waals surface area contributed by atoms with Crippen LogP contribution in [0.4, 0.5) is 0 Å². The molecule has 0 aliphatic heterocycles. The zero-order valence-electron chi connectivity index (χ0n) is 18.3. The monoisotopic (exact) mass is 430 g/mol. The number of Topliss-reactive ketones (excluding diaryl/α,β-unsaturated/α-hetero) is 2. The molecule has 0 atom stereocenters. The first-order chi connectivity index (χ1) is 14.4. The van der Waals surface area contributed by atoms with Gasteiger partial charge in [-0.25, -0.2) is 0 Å². The summed E-state index contributed by atoms with van der Waals surface area (Å²) in [5.41, 5.74) is -0.0979. The van der Waals surface area contributed by atoms with Crippen LogP contribution in [0.15, 0.2) is 36.4 Å². The molecular weight excluding hydrogens is 400 g/mol. The highest BCUT2D eigenvalue weighted by Gasteiger charge is 2.26. The summed E-state index contributed by atoms with van der Waals surface area (Å²) >= 11 is 0. The van der Waals surface area contributed by atoms with Gasteiger partial charge in [-0.3, -0.25) is 9.59 Å². The first-order valence-electron chi connectivity index (χ1n) is 9.96. The molecule has 0 unspecified atom stereocenters. The van der Waals surface area contributed by atoms with Crippen LogP contribution in [0.2, 0.25) is 0 Å². The highest BCUT2D eigenvalue weighted by Crippen LogP contribution is 2.21. The van der Waals surface area contributed by atoms with E-state index in [1.807, 2.05) is 0 Å². The standard InChI is InChI=1S/C24H30O7/c1-23(2,29)21(27)15-5-7-17(11-25)19(9-15)13-31-14-20-10-16(6-8-18(20)12-26)22(28)24(3,4)30/h5-10,25-26,29-30H,11-14H2,1-4H3. The van der Waals surface area contributed by atoms with Crippen molar-refractivity contribution in [1.29, 1.82) is 0 Å². The van der Waals surface area contributed by atoms with Crippen LogP contribution in [-0.2, 0) is 31.2 Å². The van der Waals surface area contributed by atoms with Gasteiger partial charge in [-0.2, -0.15) is 0 Å². The molecule has 0 spiro atoms. The molecule has 0 aliphatic carbocycles. The third kappa shape index (κ3) is 6.29. The summed E-state index contributed by atoms with van der Waals surface area (Å²) < 4.78 is 5.76. The predicted molar refractivity (Wildman–Crippen MR) is 114 cm³/mol. The summed E-state index contributed by atoms with van der Waals surface area (Å²) in [4.78, 5) is 24.7. The number of carbonyl (C=O) groups excluding carboxylic acids is 2. The maximum absolute atomic E-state index is 12.3. The van der Waals surface area contributed by atoms with Crippen LogP contribution in [0, 0.1) is 0 Å². The third-order valence-corrected chi connectivity index (χ3v) is 4.90. The van der Waals surface area contributed by atoms with Crippen LogP contribution in [0.3, 0.4) is 0 Å². The van der Waals surface area contributed by atoms with Gasteiger partial charge in [0, 0.05) is 11.1 Å². The number of benzene rings is 2. The Morgan fingerprint density at radius 1 is 0.710 bits per heavy atom. The normalized spacial score (nSPS) is 12.1. The zero-order valence-corrected chi connectivity index (χ0v) is 18.3. The van der Waals surface area contributed by atoms with Gasteiger partial charge < -0.3 is 25.2 Å². The number of rotatable bonds is 10. The minimum Gasteiger partial charge on any atom is -0.392 e. The molecule has 168 valence electrons. The molecule has 0 aliphatic rings. The fraction of sp³-hybridized carbons (Fsp3) is 0.417. The number of ketones is 2. The van der Waals surface area contributed by atoms with Crippen LogP contribution in [0.1, 0.15) is 70.7 Å². The van der Waals surface area contributed by atoms with Crippen molar-refractivity contribution in [2.24, 2.45) is 0 Å². The van der Waals surface area contributed by atoms with Gasteiger partial charge in [0.1, 0.15) is 11.2 Å². The molecule has 0 amide bonds. The van der Waals surface area contributed by atoms with Crippen molar-refractivity contribution in [3.05, 3.63) is 69.8 Å². The second-order valence-electron chi connectivity index (χ2n) is 8.55. The largest absolute Gasteiger partial charge is 0.392 e. The van der Waals surface area contributed by atoms with Crippen LogP contribution in [0.25, 0.3) is 0 Å². The molecule has 0 saturated heterocycles. The maximum atomic E-state index is 12.3. The molecule has 2 aromatic rings. The Labute approximate surface area is 181 Å². The number of aliphatic hydroxyl groups excluding tert-OH is 2. The topological polar surface area (TPSA) is 124 Å². The Balaban J connectivity index is 2.23. The van der Waals surface area contributed by atoms with Crippen molar-refractivity contribution in [3.8, 4) is 0 Å². The van der Waals surface area contributed by atoms with Gasteiger partial charge in [0.2, 0.25) is 0 Å². The molecule has 0 saturated carbocycles. The molecule has 2 aromatic carbocycles. The Morgan fingerprint density at radius 2 is 1.06 bits per heavy atom. The summed E-state index contributed by atoms with van der Waals surface area (Å²) in [7, 11) is 0. The van der Waals surface area contributed by atoms with Gasteiger partial charge >= 0.3 is 0 Å². The second kappa shape index (κ2) is 9.80. The second-order valence-corrected chi connectivity index (χ2v) is 8.55. The van der Waals surface area contributed by atoms with Crippen LogP contribution in [0.5, 0.6) is 0 Å². The Hall–Kier alpha value is -2.42. The van der Waals surface area contributed by atoms with Crippen molar-refractivity contribution in [1.82, 2.24) is 0 Å². The third-order valence-electron chi connectivity index (χ3n) is 4.90. The first kappa shape index (κ1) is 24.8. The van der Waals surface area contributed by atoms with Gasteiger partial charge in [0.05, 0.1) is 26.4 Å². The number of hydrogen-bond donors (Lipinski definition) is 4. The van der Waals surface area contributed by atoms with Crippen molar-refractivity contribution >= 4 is 11.6 Å². The van der Waals surface area contributed by atoms with E-state index in [1.165, 1.54) is 27.7 Å². The number of hydrogen-bond acceptors (Lipinski definition) is 7. The van der Waals surface area contributed by atoms with E-state index in [1.54, 1.807) is 36.4 Å². The number of aliphatic hydroxyl groups is 4. The van der Waals surface area contributed by atoms with E-state index in [-0.39, 0.29) is 26.4 Å². The summed E-state index contributed by atoms with van der Waals surface area (Å²) in [6.45, 7) is 5.27. The molecule has 0 heterocycles. The highest BCUT2D eigenvalue weighted by molar-refractivity contribution is 6.02. The van der Waals surface area contributed by atoms with Crippen LogP contribution in [-0.4, -0.2) is 43.2 Å². The van der Waals surface area contributed by atoms with E-state index in [0.717, 1.165) is 0 Å². The van der Waals surface area contributed by atoms with Gasteiger partial charge in [0.15, 0.2) is 11.6 Å². The minimum atomic E-state index is -1.53. The molecule has 4 N–H and O–H groups in total. The number of carbonyl (C=O) groups is 2. The summed E-state index contributed by atoms with van der Waals surface area (Å²) in [6.07, 6.45) is 0. The lowest BCUT2D eigenvalue weighted by Crippen LogP contribution is -2.31. The molecule has 0 bridgehead atoms. The Morgan fingerprint density at radius 3 is 1.35 bits per heavy atom. The van der Waals surface area contributed by atoms with Crippen molar-refractivity contribution < 1.29 is 34.8 Å². The minimum absolute atomic E-state index is 0.0669. The van der Waals surface area contributed by atoms with E-state index in [4.69, 9.17) is 4.74 Å². The predicted octanol–water partition coefficient (Wildman–Crippen LogP) is 2.30. The molecule has 2 rings (SSSR count). The van der Waals surface area contributed by atoms with E-state index in [2.05, 4.69) is 0 Å². The van der Waals surface area contributed by atoms with E-state index >= 15 is 0 Å². The lowest BCUT2D eigenvalue weighted by molar-refractivity contribution is 0.0487. The number of ether oxygens (including phenoxy) is 1. The zero-order chi connectivity index (χ0) is 23.4. The van der Waals surface area contributed by atoms with E-state index in [0.29, 0.717) is 33.4 Å². The smallest absolute Gasteiger partial charge is 0.193 e. The fourth-order valence-electron chi connectivity index (χ4n) is 3.09. The molecule has 0 radical (unpaired) electrons. The Kier molecular flexibility index (Phi) is 7.86. The summed E-state index contributed by atoms with van der Waals surface area (Å²) in [5, 5.41) is 39.1. The summed E-state index contributed by atoms with van der Waals surface area (Å²) in [5.74, 6) is -0.891. The van der Waals surface area contributed by atoms with Gasteiger partial charge in [-0.05, 0) is 62.1 Å². The van der Waals surface area contributed by atoms with Crippen molar-refractivity contribution in [3.63, 3.8) is 0 Å². The lowest BCUT2D eigenvalue weighted by Gasteiger charge is -2.18. The van der Waals surface area contributed by atoms with Crippen LogP contribution >= 0.6 is 0 Å². The van der Waals surface area contributed by atoms with Gasteiger partial charge in [-0.1, -0.05) is 24.3 Å². The van der Waals surface area contributed by atoms with E-state index < -0.39 is 22.8 Å². The van der Waals surface area contributed by atoms with Gasteiger partial charge in [-0.15, -0.1) is 0 Å². The lowest BCUT2D eigenvalue weighted by atomic mass is 9.94. The molecule has 0 aromatic heterocycles. The molecule has 7 nitrogen and oxygen atoms in total. The van der Waals surface area contributed by atoms with E-state index in [9.17, 15) is 30.0 Å². The molecule has 0 fully saturated rings. The van der Waals surface area contributed by atoms with Crippen molar-refractivity contribution in [2.45, 2.75) is 65.3 Å². The fourth-order valence-corrected chi connectivity index (χ4v) is 3.09. The average Bonchev–Trinajstić information content (AvgIpc) is 2.71. The molecule has 7 heteroatoms. The first-order valence-corrected chi connectivity index (χ1v) is 9.96. The quantitative estimate of drug-likeness (QED) is 0.426. The van der Waals surface area contributed by atoms with Gasteiger partial charge in [0.25, 0.3) is 0 Å². The van der Waals surface area contributed by atoms with Crippen LogP contribution < -0.4 is 0 Å². The van der Waals surface area contributed by atoms with Crippen molar-refractivity contribution in [2.75, 3.05) is 0 Å². The molecule has 31 heavy (non-hydrogen) atoms. The highest BCUT2D eigenvalue weighted by atomic mass is 16.5. The summed E-state index contributed by atoms with van der Waals surface area (Å²) in [6, 6.07) is 9.47. The average molecular weight is 430 g/mol. The molecular formula is C24H30O7. The Bertz CT molecular complexity index is 872. The SMILES string of the molecule is CC(C)(O)C(=O)c1ccc(CO)c(COCc2cc(C(=O)C(C)(C)O)ccc2CO)c1. The maximum Gasteiger partial charge on any atom is 0.193 e.